The minimum Gasteiger partial charge on any atom is -0.384 e. The Morgan fingerprint density at radius 2 is 1.70 bits per heavy atom. The van der Waals surface area contributed by atoms with E-state index in [1.165, 1.54) is 15.9 Å². The van der Waals surface area contributed by atoms with E-state index in [0.717, 1.165) is 20.1 Å². The maximum Gasteiger partial charge on any atom is 0.274 e. The molecule has 0 radical (unpaired) electrons. The molecule has 1 aliphatic heterocycles. The van der Waals surface area contributed by atoms with Gasteiger partial charge in [-0.2, -0.15) is 10.5 Å². The smallest absolute Gasteiger partial charge is 0.274 e. The number of rotatable bonds is 2. The van der Waals surface area contributed by atoms with Gasteiger partial charge in [0, 0.05) is 8.95 Å². The van der Waals surface area contributed by atoms with E-state index in [9.17, 15) is 15.3 Å². The third kappa shape index (κ3) is 3.44. The number of benzene rings is 2. The largest absolute Gasteiger partial charge is 0.384 e. The Hall–Kier alpha value is -2.91. The van der Waals surface area contributed by atoms with Crippen LogP contribution in [0.5, 0.6) is 0 Å². The van der Waals surface area contributed by atoms with Gasteiger partial charge in [0.2, 0.25) is 0 Å². The molecule has 0 bridgehead atoms. The normalized spacial score (nSPS) is 16.2. The summed E-state index contributed by atoms with van der Waals surface area (Å²) < 4.78 is 3.88. The number of fused-ring (bicyclic) bond motifs is 1. The van der Waals surface area contributed by atoms with Gasteiger partial charge in [-0.15, -0.1) is 11.3 Å². The van der Waals surface area contributed by atoms with Crippen LogP contribution >= 0.6 is 43.2 Å². The molecule has 0 saturated carbocycles. The van der Waals surface area contributed by atoms with Gasteiger partial charge in [0.25, 0.3) is 5.56 Å². The van der Waals surface area contributed by atoms with Crippen LogP contribution < -0.4 is 20.5 Å². The van der Waals surface area contributed by atoms with E-state index < -0.39 is 5.92 Å². The number of hydrogen-bond donors (Lipinski definition) is 1. The van der Waals surface area contributed by atoms with E-state index in [2.05, 4.69) is 44.0 Å². The summed E-state index contributed by atoms with van der Waals surface area (Å²) in [6.07, 6.45) is 1.76. The summed E-state index contributed by atoms with van der Waals surface area (Å²) in [5.74, 6) is -0.569. The Bertz CT molecular complexity index is 1480. The van der Waals surface area contributed by atoms with Crippen molar-refractivity contribution < 1.29 is 0 Å². The Balaban J connectivity index is 2.07. The Morgan fingerprint density at radius 1 is 1.03 bits per heavy atom. The lowest BCUT2D eigenvalue weighted by Crippen LogP contribution is -2.38. The zero-order chi connectivity index (χ0) is 21.4. The van der Waals surface area contributed by atoms with Crippen LogP contribution in [-0.2, 0) is 0 Å². The van der Waals surface area contributed by atoms with Crippen molar-refractivity contribution in [1.82, 2.24) is 4.57 Å². The predicted molar refractivity (Wildman–Crippen MR) is 124 cm³/mol. The van der Waals surface area contributed by atoms with Gasteiger partial charge >= 0.3 is 0 Å². The quantitative estimate of drug-likeness (QED) is 0.540. The number of hydrogen-bond acceptors (Lipinski definition) is 5. The second-order valence-corrected chi connectivity index (χ2v) is 9.40. The molecule has 0 saturated heterocycles. The van der Waals surface area contributed by atoms with Crippen LogP contribution in [0, 0.1) is 22.7 Å². The highest BCUT2D eigenvalue weighted by molar-refractivity contribution is 9.10. The van der Waals surface area contributed by atoms with Gasteiger partial charge in [-0.25, -0.2) is 0 Å². The maximum absolute atomic E-state index is 13.1. The highest BCUT2D eigenvalue weighted by Gasteiger charge is 2.32. The fourth-order valence-electron chi connectivity index (χ4n) is 3.42. The minimum atomic E-state index is -0.630. The van der Waals surface area contributed by atoms with E-state index in [4.69, 9.17) is 5.73 Å². The molecule has 30 heavy (non-hydrogen) atoms. The number of nitrogens with two attached hydrogens (primary N) is 1. The third-order valence-corrected chi connectivity index (χ3v) is 6.81. The lowest BCUT2D eigenvalue weighted by atomic mass is 9.84. The highest BCUT2D eigenvalue weighted by atomic mass is 79.9. The number of nitrogens with zero attached hydrogens (tertiary/aromatic N) is 3. The zero-order valence-electron chi connectivity index (χ0n) is 15.3. The van der Waals surface area contributed by atoms with Crippen LogP contribution in [0.2, 0.25) is 0 Å². The molecule has 1 aromatic heterocycles. The first-order valence-corrected chi connectivity index (χ1v) is 11.1. The molecule has 5 nitrogen and oxygen atoms in total. The van der Waals surface area contributed by atoms with Gasteiger partial charge in [0.05, 0.1) is 33.7 Å². The first kappa shape index (κ1) is 20.4. The van der Waals surface area contributed by atoms with Gasteiger partial charge in [0.15, 0.2) is 0 Å². The molecule has 3 aromatic rings. The fraction of sp³-hybridized carbons (Fsp3) is 0.0455. The molecular weight excluding hydrogens is 528 g/mol. The average Bonchev–Trinajstić information content (AvgIpc) is 3.04. The first-order valence-electron chi connectivity index (χ1n) is 8.73. The molecule has 0 spiro atoms. The fourth-order valence-corrected chi connectivity index (χ4v) is 5.38. The van der Waals surface area contributed by atoms with Crippen LogP contribution in [0.4, 0.5) is 0 Å². The molecule has 0 aliphatic carbocycles. The second-order valence-electron chi connectivity index (χ2n) is 6.54. The average molecular weight is 540 g/mol. The molecule has 2 aromatic carbocycles. The maximum atomic E-state index is 13.1. The van der Waals surface area contributed by atoms with E-state index in [0.29, 0.717) is 14.8 Å². The van der Waals surface area contributed by atoms with Gasteiger partial charge in [-0.1, -0.05) is 56.1 Å². The summed E-state index contributed by atoms with van der Waals surface area (Å²) in [7, 11) is 0. The molecular formula is C22H12Br2N4OS. The van der Waals surface area contributed by atoms with E-state index in [-0.39, 0.29) is 17.0 Å². The van der Waals surface area contributed by atoms with E-state index in [1.807, 2.05) is 48.5 Å². The van der Waals surface area contributed by atoms with Crippen molar-refractivity contribution in [3.05, 3.63) is 93.7 Å². The van der Waals surface area contributed by atoms with Crippen LogP contribution in [0.15, 0.2) is 67.8 Å². The van der Waals surface area contributed by atoms with Crippen LogP contribution in [0.3, 0.4) is 0 Å². The number of aromatic nitrogens is 1. The molecule has 0 fully saturated rings. The topological polar surface area (TPSA) is 95.6 Å². The van der Waals surface area contributed by atoms with Crippen molar-refractivity contribution in [1.29, 1.82) is 10.5 Å². The van der Waals surface area contributed by atoms with Crippen molar-refractivity contribution in [3.8, 4) is 12.1 Å². The molecule has 1 unspecified atom stereocenters. The summed E-state index contributed by atoms with van der Waals surface area (Å²) in [6, 6.07) is 19.3. The van der Waals surface area contributed by atoms with Crippen LogP contribution in [0.1, 0.15) is 17.0 Å². The summed E-state index contributed by atoms with van der Waals surface area (Å²) >= 11 is 8.06. The summed E-state index contributed by atoms with van der Waals surface area (Å²) in [4.78, 5) is 13.1. The number of allylic oxidation sites excluding steroid dienone is 1. The zero-order valence-corrected chi connectivity index (χ0v) is 19.3. The summed E-state index contributed by atoms with van der Waals surface area (Å²) in [5.41, 5.74) is 8.05. The van der Waals surface area contributed by atoms with Crippen molar-refractivity contribution >= 4 is 60.7 Å². The molecule has 2 heterocycles. The molecule has 146 valence electrons. The lowest BCUT2D eigenvalue weighted by Gasteiger charge is -2.22. The number of thiazole rings is 1. The monoisotopic (exact) mass is 538 g/mol. The van der Waals surface area contributed by atoms with Gasteiger partial charge in [0.1, 0.15) is 10.5 Å². The Labute approximate surface area is 192 Å². The van der Waals surface area contributed by atoms with Crippen LogP contribution in [0.25, 0.3) is 17.5 Å². The third-order valence-electron chi connectivity index (χ3n) is 4.72. The van der Waals surface area contributed by atoms with Gasteiger partial charge < -0.3 is 5.73 Å². The number of nitriles is 2. The van der Waals surface area contributed by atoms with Gasteiger partial charge in [-0.3, -0.25) is 9.36 Å². The molecule has 2 N–H and O–H groups in total. The molecule has 0 amide bonds. The van der Waals surface area contributed by atoms with E-state index in [1.54, 1.807) is 6.08 Å². The molecule has 4 rings (SSSR count). The first-order chi connectivity index (χ1) is 14.4. The second kappa shape index (κ2) is 8.08. The summed E-state index contributed by atoms with van der Waals surface area (Å²) in [5, 5.41) is 19.8. The Kier molecular flexibility index (Phi) is 5.48. The van der Waals surface area contributed by atoms with E-state index >= 15 is 0 Å². The van der Waals surface area contributed by atoms with Crippen LogP contribution in [-0.4, -0.2) is 4.57 Å². The SMILES string of the molecule is N#CC1=C(N)n2c(sc(=Cc3cccc(Br)c3)c2=O)=C(C#N)C1c1cccc(Br)c1. The molecule has 1 aliphatic rings. The molecule has 1 atom stereocenters. The van der Waals surface area contributed by atoms with Crippen molar-refractivity contribution in [2.45, 2.75) is 5.92 Å². The van der Waals surface area contributed by atoms with Gasteiger partial charge in [-0.05, 0) is 41.5 Å². The van der Waals surface area contributed by atoms with Crippen molar-refractivity contribution in [2.24, 2.45) is 5.73 Å². The number of halogens is 2. The summed E-state index contributed by atoms with van der Waals surface area (Å²) in [6.45, 7) is 0. The van der Waals surface area contributed by atoms with Crippen molar-refractivity contribution in [2.75, 3.05) is 0 Å². The molecule has 8 heteroatoms. The lowest BCUT2D eigenvalue weighted by molar-refractivity contribution is 0.906. The predicted octanol–water partition coefficient (Wildman–Crippen LogP) is 3.39. The van der Waals surface area contributed by atoms with Crippen molar-refractivity contribution in [3.63, 3.8) is 0 Å². The minimum absolute atomic E-state index is 0.0617. The Morgan fingerprint density at radius 3 is 2.33 bits per heavy atom. The standard InChI is InChI=1S/C22H12Br2N4OS/c23-14-5-1-3-12(7-14)8-18-21(29)28-20(27)16(10-25)19(17(11-26)22(28)30-18)13-4-2-6-15(24)9-13/h1-9,19H,27H2. The highest BCUT2D eigenvalue weighted by Crippen LogP contribution is 2.36.